The van der Waals surface area contributed by atoms with Crippen LogP contribution in [-0.2, 0) is 28.6 Å². The third-order valence-corrected chi connectivity index (χ3v) is 5.31. The van der Waals surface area contributed by atoms with Gasteiger partial charge in [0.25, 0.3) is 10.2 Å². The molecule has 1 aliphatic heterocycles. The Morgan fingerprint density at radius 3 is 2.81 bits per heavy atom. The zero-order valence-electron chi connectivity index (χ0n) is 15.0. The normalized spacial score (nSPS) is 17.5. The Morgan fingerprint density at radius 1 is 1.33 bits per heavy atom. The van der Waals surface area contributed by atoms with Crippen molar-refractivity contribution in [3.63, 3.8) is 0 Å². The van der Waals surface area contributed by atoms with Crippen molar-refractivity contribution in [3.8, 4) is 0 Å². The Labute approximate surface area is 158 Å². The summed E-state index contributed by atoms with van der Waals surface area (Å²) >= 11 is 0. The van der Waals surface area contributed by atoms with Crippen molar-refractivity contribution in [2.75, 3.05) is 17.8 Å². The molecule has 1 aromatic heterocycles. The number of hydrogen-bond acceptors (Lipinski definition) is 5. The minimum absolute atomic E-state index is 0.190. The van der Waals surface area contributed by atoms with Crippen molar-refractivity contribution >= 4 is 22.0 Å². The zero-order chi connectivity index (χ0) is 19.3. The largest absolute Gasteiger partial charge is 0.445 e. The molecule has 1 fully saturated rings. The number of benzene rings is 1. The summed E-state index contributed by atoms with van der Waals surface area (Å²) in [5.41, 5.74) is 1.28. The minimum Gasteiger partial charge on any atom is -0.445 e. The number of ether oxygens (including phenoxy) is 1. The van der Waals surface area contributed by atoms with Crippen LogP contribution in [0.15, 0.2) is 42.7 Å². The van der Waals surface area contributed by atoms with Gasteiger partial charge in [0.15, 0.2) is 0 Å². The molecule has 27 heavy (non-hydrogen) atoms. The second-order valence-electron chi connectivity index (χ2n) is 6.45. The molecule has 1 aliphatic rings. The molecule has 0 aliphatic carbocycles. The number of carbonyl (C=O) groups excluding carboxylic acids is 1. The Kier molecular flexibility index (Phi) is 5.97. The van der Waals surface area contributed by atoms with E-state index in [0.29, 0.717) is 25.1 Å². The van der Waals surface area contributed by atoms with E-state index >= 15 is 0 Å². The van der Waals surface area contributed by atoms with E-state index in [-0.39, 0.29) is 19.2 Å². The van der Waals surface area contributed by atoms with Crippen molar-refractivity contribution in [2.24, 2.45) is 7.05 Å². The molecule has 2 aromatic rings. The molecule has 1 saturated heterocycles. The van der Waals surface area contributed by atoms with Gasteiger partial charge in [-0.2, -0.15) is 18.2 Å². The molecule has 0 bridgehead atoms. The highest BCUT2D eigenvalue weighted by atomic mass is 32.2. The number of aryl methyl sites for hydroxylation is 1. The van der Waals surface area contributed by atoms with Gasteiger partial charge in [-0.05, 0) is 18.4 Å². The molecule has 2 heterocycles. The number of nitrogens with one attached hydrogen (secondary N) is 2. The summed E-state index contributed by atoms with van der Waals surface area (Å²) in [6, 6.07) is 9.03. The standard InChI is InChI=1S/C17H23N5O4S/c1-21-11-16(10-18-21)20-27(24,25)19-15-8-5-9-22(12-15)17(23)26-13-14-6-3-2-4-7-14/h2-4,6-7,10-11,15,19-20H,5,8-9,12-13H2,1H3. The minimum atomic E-state index is -3.76. The van der Waals surface area contributed by atoms with Crippen LogP contribution in [0, 0.1) is 0 Å². The van der Waals surface area contributed by atoms with Crippen LogP contribution in [0.5, 0.6) is 0 Å². The SMILES string of the molecule is Cn1cc(NS(=O)(=O)NC2CCCN(C(=O)OCc3ccccc3)C2)cn1. The quantitative estimate of drug-likeness (QED) is 0.773. The molecule has 1 amide bonds. The van der Waals surface area contributed by atoms with Gasteiger partial charge in [-0.3, -0.25) is 9.40 Å². The number of nitrogens with zero attached hydrogens (tertiary/aromatic N) is 3. The van der Waals surface area contributed by atoms with E-state index in [1.165, 1.54) is 15.8 Å². The lowest BCUT2D eigenvalue weighted by Crippen LogP contribution is -2.50. The van der Waals surface area contributed by atoms with Crippen LogP contribution in [0.25, 0.3) is 0 Å². The maximum atomic E-state index is 12.3. The van der Waals surface area contributed by atoms with Crippen LogP contribution in [0.3, 0.4) is 0 Å². The third-order valence-electron chi connectivity index (χ3n) is 4.16. The highest BCUT2D eigenvalue weighted by Crippen LogP contribution is 2.14. The summed E-state index contributed by atoms with van der Waals surface area (Å²) in [6.07, 6.45) is 3.89. The number of rotatable bonds is 6. The fourth-order valence-electron chi connectivity index (χ4n) is 2.93. The van der Waals surface area contributed by atoms with Crippen LogP contribution in [0.4, 0.5) is 10.5 Å². The highest BCUT2D eigenvalue weighted by Gasteiger charge is 2.27. The number of carbonyl (C=O) groups is 1. The second-order valence-corrected chi connectivity index (χ2v) is 7.90. The van der Waals surface area contributed by atoms with Crippen LogP contribution in [0.2, 0.25) is 0 Å². The number of piperidine rings is 1. The number of hydrogen-bond donors (Lipinski definition) is 2. The van der Waals surface area contributed by atoms with Gasteiger partial charge in [0.2, 0.25) is 0 Å². The fourth-order valence-corrected chi connectivity index (χ4v) is 4.03. The Morgan fingerprint density at radius 2 is 2.11 bits per heavy atom. The van der Waals surface area contributed by atoms with Crippen molar-refractivity contribution in [1.82, 2.24) is 19.4 Å². The fraction of sp³-hybridized carbons (Fsp3) is 0.412. The molecule has 9 nitrogen and oxygen atoms in total. The number of likely N-dealkylation sites (tertiary alicyclic amines) is 1. The molecule has 2 N–H and O–H groups in total. The van der Waals surface area contributed by atoms with E-state index in [9.17, 15) is 13.2 Å². The molecule has 1 aromatic carbocycles. The average molecular weight is 393 g/mol. The summed E-state index contributed by atoms with van der Waals surface area (Å²) in [5, 5.41) is 3.92. The van der Waals surface area contributed by atoms with Crippen molar-refractivity contribution < 1.29 is 17.9 Å². The predicted molar refractivity (Wildman–Crippen MR) is 100 cm³/mol. The van der Waals surface area contributed by atoms with Gasteiger partial charge in [-0.25, -0.2) is 4.79 Å². The summed E-state index contributed by atoms with van der Waals surface area (Å²) in [5.74, 6) is 0. The first-order valence-electron chi connectivity index (χ1n) is 8.65. The summed E-state index contributed by atoms with van der Waals surface area (Å²) in [7, 11) is -2.06. The maximum absolute atomic E-state index is 12.3. The van der Waals surface area contributed by atoms with E-state index in [0.717, 1.165) is 5.56 Å². The van der Waals surface area contributed by atoms with Crippen molar-refractivity contribution in [2.45, 2.75) is 25.5 Å². The van der Waals surface area contributed by atoms with E-state index < -0.39 is 16.3 Å². The molecule has 1 atom stereocenters. The number of anilines is 1. The summed E-state index contributed by atoms with van der Waals surface area (Å²) < 4.78 is 36.4. The van der Waals surface area contributed by atoms with E-state index in [1.807, 2.05) is 30.3 Å². The van der Waals surface area contributed by atoms with Gasteiger partial charge in [0.05, 0.1) is 11.9 Å². The monoisotopic (exact) mass is 393 g/mol. The topological polar surface area (TPSA) is 106 Å². The molecule has 1 unspecified atom stereocenters. The maximum Gasteiger partial charge on any atom is 0.410 e. The van der Waals surface area contributed by atoms with Crippen LogP contribution >= 0.6 is 0 Å². The van der Waals surface area contributed by atoms with Crippen molar-refractivity contribution in [1.29, 1.82) is 0 Å². The molecular formula is C17H23N5O4S. The third kappa shape index (κ3) is 5.69. The Bertz CT molecular complexity index is 868. The van der Waals surface area contributed by atoms with Crippen molar-refractivity contribution in [3.05, 3.63) is 48.3 Å². The van der Waals surface area contributed by atoms with Crippen LogP contribution < -0.4 is 9.44 Å². The number of amides is 1. The summed E-state index contributed by atoms with van der Waals surface area (Å²) in [6.45, 7) is 0.999. The molecule has 0 radical (unpaired) electrons. The lowest BCUT2D eigenvalue weighted by atomic mass is 10.1. The predicted octanol–water partition coefficient (Wildman–Crippen LogP) is 1.47. The van der Waals surface area contributed by atoms with Gasteiger partial charge in [0.1, 0.15) is 6.61 Å². The van der Waals surface area contributed by atoms with Gasteiger partial charge < -0.3 is 9.64 Å². The Balaban J connectivity index is 1.51. The lowest BCUT2D eigenvalue weighted by Gasteiger charge is -2.32. The van der Waals surface area contributed by atoms with Gasteiger partial charge in [0, 0.05) is 32.4 Å². The van der Waals surface area contributed by atoms with Crippen LogP contribution in [-0.4, -0.2) is 48.3 Å². The van der Waals surface area contributed by atoms with Gasteiger partial charge >= 0.3 is 6.09 Å². The first-order chi connectivity index (χ1) is 12.9. The Hall–Kier alpha value is -2.59. The molecule has 146 valence electrons. The molecule has 0 saturated carbocycles. The molecular weight excluding hydrogens is 370 g/mol. The molecule has 10 heteroatoms. The number of aromatic nitrogens is 2. The zero-order valence-corrected chi connectivity index (χ0v) is 15.9. The molecule has 0 spiro atoms. The lowest BCUT2D eigenvalue weighted by molar-refractivity contribution is 0.0850. The first kappa shape index (κ1) is 19.2. The van der Waals surface area contributed by atoms with E-state index in [4.69, 9.17) is 4.74 Å². The highest BCUT2D eigenvalue weighted by molar-refractivity contribution is 7.90. The first-order valence-corrected chi connectivity index (χ1v) is 10.1. The molecule has 3 rings (SSSR count). The average Bonchev–Trinajstić information content (AvgIpc) is 3.04. The smallest absolute Gasteiger partial charge is 0.410 e. The summed E-state index contributed by atoms with van der Waals surface area (Å²) in [4.78, 5) is 13.8. The van der Waals surface area contributed by atoms with E-state index in [2.05, 4.69) is 14.5 Å². The van der Waals surface area contributed by atoms with Gasteiger partial charge in [-0.15, -0.1) is 0 Å². The van der Waals surface area contributed by atoms with Crippen LogP contribution in [0.1, 0.15) is 18.4 Å². The second kappa shape index (κ2) is 8.40. The van der Waals surface area contributed by atoms with E-state index in [1.54, 1.807) is 13.2 Å². The van der Waals surface area contributed by atoms with Gasteiger partial charge in [-0.1, -0.05) is 30.3 Å².